The van der Waals surface area contributed by atoms with Crippen molar-refractivity contribution in [3.05, 3.63) is 76.5 Å². The molecule has 3 atom stereocenters. The predicted molar refractivity (Wildman–Crippen MR) is 155 cm³/mol. The van der Waals surface area contributed by atoms with E-state index in [0.717, 1.165) is 84.4 Å². The molecule has 1 aliphatic heterocycles. The summed E-state index contributed by atoms with van der Waals surface area (Å²) in [4.78, 5) is 18.3. The number of aryl methyl sites for hydroxylation is 1. The van der Waals surface area contributed by atoms with Crippen LogP contribution in [0.1, 0.15) is 79.9 Å². The Balaban J connectivity index is 0.00000405. The van der Waals surface area contributed by atoms with Crippen LogP contribution in [0.4, 0.5) is 0 Å². The first kappa shape index (κ1) is 32.0. The fourth-order valence-corrected chi connectivity index (χ4v) is 6.15. The summed E-state index contributed by atoms with van der Waals surface area (Å²) in [6, 6.07) is 16.8. The number of methoxy groups -OCH3 is 1. The molecular formula is C34H38N3NaO4. The molecule has 3 aromatic rings. The number of pyridine rings is 1. The summed E-state index contributed by atoms with van der Waals surface area (Å²) in [7, 11) is 1.58. The van der Waals surface area contributed by atoms with Gasteiger partial charge in [0.1, 0.15) is 17.9 Å². The Morgan fingerprint density at radius 3 is 2.55 bits per heavy atom. The third-order valence-corrected chi connectivity index (χ3v) is 8.75. The van der Waals surface area contributed by atoms with Gasteiger partial charge in [0.25, 0.3) is 0 Å². The molecule has 5 rings (SSSR count). The van der Waals surface area contributed by atoms with Crippen LogP contribution in [-0.2, 0) is 17.8 Å². The summed E-state index contributed by atoms with van der Waals surface area (Å²) in [6.45, 7) is 8.62. The van der Waals surface area contributed by atoms with E-state index in [2.05, 4.69) is 66.2 Å². The summed E-state index contributed by atoms with van der Waals surface area (Å²) in [6.07, 6.45) is 5.30. The number of nitrogens with zero attached hydrogens (tertiary/aromatic N) is 3. The maximum Gasteiger partial charge on any atom is 1.00 e. The molecule has 8 heteroatoms. The normalized spacial score (nSPS) is 17.3. The minimum Gasteiger partial charge on any atom is -0.550 e. The van der Waals surface area contributed by atoms with Crippen molar-refractivity contribution in [3.8, 4) is 28.8 Å². The number of aliphatic carboxylic acids is 1. The topological polar surface area (TPSA) is 98.5 Å². The summed E-state index contributed by atoms with van der Waals surface area (Å²) in [5.74, 6) is 0.111. The van der Waals surface area contributed by atoms with Crippen molar-refractivity contribution < 1.29 is 48.9 Å². The molecule has 0 saturated heterocycles. The minimum absolute atomic E-state index is 0. The largest absolute Gasteiger partial charge is 1.00 e. The Hall–Kier alpha value is -2.89. The smallest absolute Gasteiger partial charge is 0.550 e. The van der Waals surface area contributed by atoms with E-state index in [1.165, 1.54) is 0 Å². The maximum absolute atomic E-state index is 11.8. The molecule has 0 N–H and O–H groups in total. The van der Waals surface area contributed by atoms with Crippen LogP contribution in [0.2, 0.25) is 0 Å². The molecule has 1 unspecified atom stereocenters. The number of ether oxygens (including phenoxy) is 2. The summed E-state index contributed by atoms with van der Waals surface area (Å²) < 4.78 is 12.0. The average Bonchev–Trinajstić information content (AvgIpc) is 3.84. The van der Waals surface area contributed by atoms with Crippen molar-refractivity contribution in [2.45, 2.75) is 65.0 Å². The molecule has 2 aromatic carbocycles. The number of aromatic nitrogens is 1. The van der Waals surface area contributed by atoms with Crippen LogP contribution in [0, 0.1) is 23.2 Å². The standard InChI is InChI=1S/C34H39N3O4.Na/c1-5-37(6-2)20-26-15-24(11-13-28(26)29-17-32(40-4)36-19-27(29)18-35)30-14-12-22-7-10-25(16-31(22)41-30)33(23-8-9-23)21(3)34(38)39;/h7,10-11,13,15-17,19,21,23,30,33H,5-6,8-9,12,14,20H2,1-4H3,(H,38,39);/q;+1/p-1/t21-,30?,33-;/m0./s1. The molecule has 2 aliphatic rings. The molecule has 1 saturated carbocycles. The number of nitriles is 1. The molecule has 2 heterocycles. The van der Waals surface area contributed by atoms with Crippen molar-refractivity contribution in [1.29, 1.82) is 5.26 Å². The van der Waals surface area contributed by atoms with E-state index in [4.69, 9.17) is 9.47 Å². The third kappa shape index (κ3) is 6.84. The fraction of sp³-hybridized carbons (Fsp3) is 0.441. The van der Waals surface area contributed by atoms with Crippen LogP contribution in [0.3, 0.4) is 0 Å². The number of carboxylic acid groups (broad SMARTS) is 1. The number of fused-ring (bicyclic) bond motifs is 1. The van der Waals surface area contributed by atoms with E-state index >= 15 is 0 Å². The minimum atomic E-state index is -0.995. The van der Waals surface area contributed by atoms with E-state index in [9.17, 15) is 15.2 Å². The van der Waals surface area contributed by atoms with Crippen LogP contribution in [0.25, 0.3) is 11.1 Å². The number of carboxylic acids is 1. The van der Waals surface area contributed by atoms with E-state index < -0.39 is 11.9 Å². The van der Waals surface area contributed by atoms with Gasteiger partial charge in [0.2, 0.25) is 5.88 Å². The molecule has 0 spiro atoms. The van der Waals surface area contributed by atoms with Gasteiger partial charge in [-0.05, 0) is 84.5 Å². The maximum atomic E-state index is 11.8. The first-order valence-corrected chi connectivity index (χ1v) is 14.7. The van der Waals surface area contributed by atoms with E-state index in [1.54, 1.807) is 20.2 Å². The SMILES string of the molecule is CCN(CC)Cc1cc(C2CCc3ccc([C@H](C4CC4)[C@H](C)C(=O)[O-])cc3O2)ccc1-c1cc(OC)ncc1C#N.[Na+]. The van der Waals surface area contributed by atoms with Crippen LogP contribution in [0.15, 0.2) is 48.7 Å². The van der Waals surface area contributed by atoms with Crippen molar-refractivity contribution in [1.82, 2.24) is 9.88 Å². The molecule has 1 aromatic heterocycles. The van der Waals surface area contributed by atoms with Gasteiger partial charge in [0.05, 0.1) is 12.7 Å². The Morgan fingerprint density at radius 2 is 1.90 bits per heavy atom. The van der Waals surface area contributed by atoms with Crippen molar-refractivity contribution in [2.75, 3.05) is 20.2 Å². The average molecular weight is 576 g/mol. The van der Waals surface area contributed by atoms with E-state index in [0.29, 0.717) is 17.4 Å². The second-order valence-corrected chi connectivity index (χ2v) is 11.2. The van der Waals surface area contributed by atoms with Gasteiger partial charge in [-0.25, -0.2) is 4.98 Å². The Kier molecular flexibility index (Phi) is 10.7. The van der Waals surface area contributed by atoms with Crippen LogP contribution in [-0.4, -0.2) is 36.1 Å². The Bertz CT molecular complexity index is 1460. The molecular weight excluding hydrogens is 537 g/mol. The second kappa shape index (κ2) is 14.1. The van der Waals surface area contributed by atoms with Gasteiger partial charge in [0.15, 0.2) is 0 Å². The zero-order chi connectivity index (χ0) is 29.1. The second-order valence-electron chi connectivity index (χ2n) is 11.2. The van der Waals surface area contributed by atoms with Gasteiger partial charge in [-0.15, -0.1) is 0 Å². The number of hydrogen-bond donors (Lipinski definition) is 0. The number of rotatable bonds is 11. The fourth-order valence-electron chi connectivity index (χ4n) is 6.15. The molecule has 42 heavy (non-hydrogen) atoms. The molecule has 1 aliphatic carbocycles. The van der Waals surface area contributed by atoms with E-state index in [1.807, 2.05) is 6.07 Å². The van der Waals surface area contributed by atoms with Crippen molar-refractivity contribution in [3.63, 3.8) is 0 Å². The number of carbonyl (C=O) groups is 1. The van der Waals surface area contributed by atoms with Crippen molar-refractivity contribution in [2.24, 2.45) is 11.8 Å². The zero-order valence-corrected chi connectivity index (χ0v) is 27.4. The zero-order valence-electron chi connectivity index (χ0n) is 25.4. The monoisotopic (exact) mass is 575 g/mol. The summed E-state index contributed by atoms with van der Waals surface area (Å²) in [5, 5.41) is 21.6. The van der Waals surface area contributed by atoms with E-state index in [-0.39, 0.29) is 41.6 Å². The predicted octanol–water partition coefficient (Wildman–Crippen LogP) is 2.42. The molecule has 0 bridgehead atoms. The Morgan fingerprint density at radius 1 is 1.14 bits per heavy atom. The van der Waals surface area contributed by atoms with Gasteiger partial charge in [-0.3, -0.25) is 4.90 Å². The first-order chi connectivity index (χ1) is 19.9. The van der Waals surface area contributed by atoms with Gasteiger partial charge in [0, 0.05) is 36.3 Å². The van der Waals surface area contributed by atoms with Crippen LogP contribution < -0.4 is 44.1 Å². The molecule has 1 fully saturated rings. The van der Waals surface area contributed by atoms with Crippen LogP contribution in [0.5, 0.6) is 11.6 Å². The molecule has 7 nitrogen and oxygen atoms in total. The molecule has 214 valence electrons. The summed E-state index contributed by atoms with van der Waals surface area (Å²) >= 11 is 0. The van der Waals surface area contributed by atoms with Gasteiger partial charge < -0.3 is 19.4 Å². The summed E-state index contributed by atoms with van der Waals surface area (Å²) in [5.41, 5.74) is 6.69. The number of carbonyl (C=O) groups excluding carboxylic acids is 1. The first-order valence-electron chi connectivity index (χ1n) is 14.7. The molecule has 0 amide bonds. The van der Waals surface area contributed by atoms with Gasteiger partial charge in [-0.1, -0.05) is 51.1 Å². The van der Waals surface area contributed by atoms with Crippen LogP contribution >= 0.6 is 0 Å². The quantitative estimate of drug-likeness (QED) is 0.324. The van der Waals surface area contributed by atoms with Gasteiger partial charge >= 0.3 is 29.6 Å². The molecule has 0 radical (unpaired) electrons. The van der Waals surface area contributed by atoms with Gasteiger partial charge in [-0.2, -0.15) is 5.26 Å². The number of hydrogen-bond acceptors (Lipinski definition) is 7. The number of benzene rings is 2. The third-order valence-electron chi connectivity index (χ3n) is 8.75. The van der Waals surface area contributed by atoms with Crippen molar-refractivity contribution >= 4 is 5.97 Å². The Labute approximate surface area is 271 Å².